The second-order valence-corrected chi connectivity index (χ2v) is 6.03. The van der Waals surface area contributed by atoms with Crippen LogP contribution in [0.5, 0.6) is 0 Å². The molecular formula is C16H26ClN3O2. The van der Waals surface area contributed by atoms with Gasteiger partial charge in [0.1, 0.15) is 0 Å². The monoisotopic (exact) mass is 327 g/mol. The smallest absolute Gasteiger partial charge is 0.240 e. The fraction of sp³-hybridized carbons (Fsp3) is 0.500. The van der Waals surface area contributed by atoms with Gasteiger partial charge < -0.3 is 16.4 Å². The first-order chi connectivity index (χ1) is 9.74. The molecule has 0 radical (unpaired) electrons. The molecular weight excluding hydrogens is 302 g/mol. The number of nitrogens with two attached hydrogens (primary N) is 1. The zero-order chi connectivity index (χ0) is 16.0. The van der Waals surface area contributed by atoms with Crippen LogP contribution in [0.1, 0.15) is 33.3 Å². The molecule has 6 heteroatoms. The van der Waals surface area contributed by atoms with E-state index in [9.17, 15) is 9.59 Å². The van der Waals surface area contributed by atoms with E-state index in [1.54, 1.807) is 0 Å². The van der Waals surface area contributed by atoms with Crippen molar-refractivity contribution in [2.75, 3.05) is 6.54 Å². The van der Waals surface area contributed by atoms with Crippen LogP contribution in [0.2, 0.25) is 0 Å². The lowest BCUT2D eigenvalue weighted by molar-refractivity contribution is -0.128. The van der Waals surface area contributed by atoms with Crippen molar-refractivity contribution in [1.29, 1.82) is 0 Å². The van der Waals surface area contributed by atoms with Gasteiger partial charge in [-0.25, -0.2) is 0 Å². The van der Waals surface area contributed by atoms with Crippen LogP contribution in [0.25, 0.3) is 0 Å². The van der Waals surface area contributed by atoms with Gasteiger partial charge >= 0.3 is 0 Å². The highest BCUT2D eigenvalue weighted by atomic mass is 35.5. The van der Waals surface area contributed by atoms with Gasteiger partial charge in [-0.05, 0) is 25.3 Å². The highest BCUT2D eigenvalue weighted by Gasteiger charge is 2.23. The molecule has 0 spiro atoms. The Labute approximate surface area is 138 Å². The standard InChI is InChI=1S/C16H25N3O2.ClH/c1-11(2)14(17)15(21)18-10-13(20)19-16(3,4)12-8-6-5-7-9-12;/h5-9,11,14H,10,17H2,1-4H3,(H,18,21)(H,19,20);1H/t14-;/m0./s1. The summed E-state index contributed by atoms with van der Waals surface area (Å²) in [7, 11) is 0. The Kier molecular flexibility index (Phi) is 8.12. The third-order valence-corrected chi connectivity index (χ3v) is 3.39. The van der Waals surface area contributed by atoms with Gasteiger partial charge in [-0.15, -0.1) is 12.4 Å². The van der Waals surface area contributed by atoms with Crippen LogP contribution in [-0.4, -0.2) is 24.4 Å². The van der Waals surface area contributed by atoms with E-state index in [0.717, 1.165) is 5.56 Å². The molecule has 0 fully saturated rings. The van der Waals surface area contributed by atoms with Gasteiger partial charge in [-0.1, -0.05) is 44.2 Å². The third-order valence-electron chi connectivity index (χ3n) is 3.39. The molecule has 0 aliphatic heterocycles. The maximum absolute atomic E-state index is 12.0. The van der Waals surface area contributed by atoms with Crippen LogP contribution in [-0.2, 0) is 15.1 Å². The summed E-state index contributed by atoms with van der Waals surface area (Å²) in [5, 5.41) is 5.46. The molecule has 5 nitrogen and oxygen atoms in total. The number of hydrogen-bond donors (Lipinski definition) is 3. The number of nitrogens with one attached hydrogen (secondary N) is 2. The van der Waals surface area contributed by atoms with Crippen molar-refractivity contribution in [1.82, 2.24) is 10.6 Å². The van der Waals surface area contributed by atoms with E-state index >= 15 is 0 Å². The SMILES string of the molecule is CC(C)[C@H](N)C(=O)NCC(=O)NC(C)(C)c1ccccc1.Cl. The predicted molar refractivity (Wildman–Crippen MR) is 90.7 cm³/mol. The van der Waals surface area contributed by atoms with E-state index in [0.29, 0.717) is 0 Å². The molecule has 124 valence electrons. The summed E-state index contributed by atoms with van der Waals surface area (Å²) >= 11 is 0. The molecule has 4 N–H and O–H groups in total. The summed E-state index contributed by atoms with van der Waals surface area (Å²) in [5.74, 6) is -0.514. The first-order valence-electron chi connectivity index (χ1n) is 7.14. The molecule has 0 unspecified atom stereocenters. The van der Waals surface area contributed by atoms with E-state index in [1.807, 2.05) is 58.0 Å². The first-order valence-corrected chi connectivity index (χ1v) is 7.14. The van der Waals surface area contributed by atoms with Crippen LogP contribution >= 0.6 is 12.4 Å². The minimum Gasteiger partial charge on any atom is -0.346 e. The Morgan fingerprint density at radius 1 is 1.18 bits per heavy atom. The lowest BCUT2D eigenvalue weighted by atomic mass is 9.94. The number of carbonyl (C=O) groups excluding carboxylic acids is 2. The van der Waals surface area contributed by atoms with Gasteiger partial charge in [0.2, 0.25) is 11.8 Å². The van der Waals surface area contributed by atoms with Crippen molar-refractivity contribution >= 4 is 24.2 Å². The molecule has 0 bridgehead atoms. The number of hydrogen-bond acceptors (Lipinski definition) is 3. The summed E-state index contributed by atoms with van der Waals surface area (Å²) in [6.45, 7) is 7.49. The largest absolute Gasteiger partial charge is 0.346 e. The van der Waals surface area contributed by atoms with Crippen molar-refractivity contribution in [2.24, 2.45) is 11.7 Å². The highest BCUT2D eigenvalue weighted by Crippen LogP contribution is 2.18. The Bertz CT molecular complexity index is 489. The molecule has 1 atom stereocenters. The van der Waals surface area contributed by atoms with Crippen molar-refractivity contribution in [2.45, 2.75) is 39.3 Å². The van der Waals surface area contributed by atoms with Gasteiger partial charge in [-0.2, -0.15) is 0 Å². The Hall–Kier alpha value is -1.59. The minimum absolute atomic E-state index is 0. The Morgan fingerprint density at radius 3 is 2.23 bits per heavy atom. The molecule has 0 aliphatic carbocycles. The van der Waals surface area contributed by atoms with Crippen LogP contribution in [0, 0.1) is 5.92 Å². The van der Waals surface area contributed by atoms with Crippen molar-refractivity contribution in [3.05, 3.63) is 35.9 Å². The molecule has 0 aliphatic rings. The lowest BCUT2D eigenvalue weighted by Gasteiger charge is -2.27. The van der Waals surface area contributed by atoms with Crippen molar-refractivity contribution in [3.63, 3.8) is 0 Å². The summed E-state index contributed by atoms with van der Waals surface area (Å²) in [6, 6.07) is 9.08. The summed E-state index contributed by atoms with van der Waals surface area (Å²) in [4.78, 5) is 23.7. The molecule has 0 aromatic heterocycles. The number of rotatable bonds is 6. The van der Waals surface area contributed by atoms with Gasteiger partial charge in [0.05, 0.1) is 18.1 Å². The quantitative estimate of drug-likeness (QED) is 0.741. The maximum Gasteiger partial charge on any atom is 0.240 e. The highest BCUT2D eigenvalue weighted by molar-refractivity contribution is 5.87. The average molecular weight is 328 g/mol. The van der Waals surface area contributed by atoms with E-state index in [1.165, 1.54) is 0 Å². The van der Waals surface area contributed by atoms with Gasteiger partial charge in [0.15, 0.2) is 0 Å². The minimum atomic E-state index is -0.597. The second-order valence-electron chi connectivity index (χ2n) is 6.03. The Morgan fingerprint density at radius 2 is 1.73 bits per heavy atom. The Balaban J connectivity index is 0.00000441. The molecule has 1 aromatic rings. The molecule has 22 heavy (non-hydrogen) atoms. The number of benzene rings is 1. The molecule has 0 saturated heterocycles. The summed E-state index contributed by atoms with van der Waals surface area (Å²) < 4.78 is 0. The van der Waals surface area contributed by atoms with E-state index < -0.39 is 11.6 Å². The van der Waals surface area contributed by atoms with Crippen LogP contribution in [0.4, 0.5) is 0 Å². The molecule has 0 heterocycles. The molecule has 0 saturated carbocycles. The predicted octanol–water partition coefficient (Wildman–Crippen LogP) is 1.56. The third kappa shape index (κ3) is 6.03. The van der Waals surface area contributed by atoms with E-state index in [2.05, 4.69) is 10.6 Å². The van der Waals surface area contributed by atoms with E-state index in [-0.39, 0.29) is 36.7 Å². The molecule has 1 rings (SSSR count). The van der Waals surface area contributed by atoms with Crippen molar-refractivity contribution < 1.29 is 9.59 Å². The molecule has 1 aromatic carbocycles. The molecule has 2 amide bonds. The number of halogens is 1. The van der Waals surface area contributed by atoms with Gasteiger partial charge in [-0.3, -0.25) is 9.59 Å². The van der Waals surface area contributed by atoms with Crippen molar-refractivity contribution in [3.8, 4) is 0 Å². The topological polar surface area (TPSA) is 84.2 Å². The average Bonchev–Trinajstić information content (AvgIpc) is 2.44. The second kappa shape index (κ2) is 8.76. The van der Waals surface area contributed by atoms with Crippen LogP contribution < -0.4 is 16.4 Å². The van der Waals surface area contributed by atoms with Gasteiger partial charge in [0.25, 0.3) is 0 Å². The van der Waals surface area contributed by atoms with Gasteiger partial charge in [0, 0.05) is 0 Å². The number of carbonyl (C=O) groups is 2. The van der Waals surface area contributed by atoms with Crippen LogP contribution in [0.15, 0.2) is 30.3 Å². The van der Waals surface area contributed by atoms with Crippen LogP contribution in [0.3, 0.4) is 0 Å². The lowest BCUT2D eigenvalue weighted by Crippen LogP contribution is -2.50. The zero-order valence-corrected chi connectivity index (χ0v) is 14.4. The first kappa shape index (κ1) is 20.4. The zero-order valence-electron chi connectivity index (χ0n) is 13.6. The fourth-order valence-electron chi connectivity index (χ4n) is 1.91. The normalized spacial score (nSPS) is 12.3. The number of amides is 2. The maximum atomic E-state index is 12.0. The fourth-order valence-corrected chi connectivity index (χ4v) is 1.91. The van der Waals surface area contributed by atoms with E-state index in [4.69, 9.17) is 5.73 Å². The summed E-state index contributed by atoms with van der Waals surface area (Å²) in [5.41, 5.74) is 6.23. The summed E-state index contributed by atoms with van der Waals surface area (Å²) in [6.07, 6.45) is 0.